The topological polar surface area (TPSA) is 35.1 Å². The van der Waals surface area contributed by atoms with Crippen molar-refractivity contribution in [3.63, 3.8) is 0 Å². The normalized spacial score (nSPS) is 13.1. The number of fused-ring (bicyclic) bond motifs is 12. The van der Waals surface area contributed by atoms with E-state index in [1.54, 1.807) is 0 Å². The Labute approximate surface area is 426 Å². The minimum absolute atomic E-state index is 0. The first-order chi connectivity index (χ1) is 34.2. The zero-order chi connectivity index (χ0) is 45.5. The van der Waals surface area contributed by atoms with Crippen molar-refractivity contribution < 1.29 is 21.1 Å². The van der Waals surface area contributed by atoms with E-state index in [2.05, 4.69) is 252 Å². The van der Waals surface area contributed by atoms with Crippen LogP contribution in [0, 0.1) is 12.1 Å². The number of hydrogen-bond acceptors (Lipinski definition) is 3. The van der Waals surface area contributed by atoms with E-state index in [0.29, 0.717) is 0 Å². The van der Waals surface area contributed by atoms with Crippen molar-refractivity contribution in [2.75, 3.05) is 0 Å². The number of benzene rings is 9. The van der Waals surface area contributed by atoms with Gasteiger partial charge in [-0.05, 0) is 60.8 Å². The van der Waals surface area contributed by atoms with Crippen LogP contribution in [0.5, 0.6) is 0 Å². The molecule has 0 N–H and O–H groups in total. The van der Waals surface area contributed by atoms with E-state index in [1.165, 1.54) is 51.7 Å². The smallest absolute Gasteiger partial charge is 0.340 e. The van der Waals surface area contributed by atoms with Crippen molar-refractivity contribution >= 4 is 119 Å². The Hall–Kier alpha value is -7.39. The number of imidazole rings is 1. The molecular weight excluding hydrogens is 1080 g/mol. The average Bonchev–Trinajstić information content (AvgIpc) is 4.06. The summed E-state index contributed by atoms with van der Waals surface area (Å²) in [5, 5.41) is 16.0. The maximum atomic E-state index is 5.23. The predicted molar refractivity (Wildman–Crippen MR) is 291 cm³/mol. The summed E-state index contributed by atoms with van der Waals surface area (Å²) >= 11 is 1.90. The van der Waals surface area contributed by atoms with Gasteiger partial charge in [-0.3, -0.25) is 4.98 Å². The predicted octanol–water partition coefficient (Wildman–Crippen LogP) is 8.95. The van der Waals surface area contributed by atoms with Crippen LogP contribution >= 0.6 is 11.8 Å². The fourth-order valence-corrected chi connectivity index (χ4v) is 23.3. The van der Waals surface area contributed by atoms with E-state index < -0.39 is 16.1 Å². The minimum atomic E-state index is -3.20. The molecule has 0 saturated heterocycles. The molecule has 4 aromatic heterocycles. The van der Waals surface area contributed by atoms with Gasteiger partial charge >= 0.3 is 21.1 Å². The van der Waals surface area contributed by atoms with Gasteiger partial charge in [0.25, 0.3) is 0 Å². The van der Waals surface area contributed by atoms with Crippen LogP contribution in [0.15, 0.2) is 253 Å². The molecule has 0 atom stereocenters. The summed E-state index contributed by atoms with van der Waals surface area (Å²) in [5.41, 5.74) is 5.06. The first kappa shape index (κ1) is 42.7. The second-order valence-electron chi connectivity index (χ2n) is 17.9. The van der Waals surface area contributed by atoms with Gasteiger partial charge in [0.15, 0.2) is 8.07 Å². The number of pyridine rings is 2. The molecule has 1 aliphatic heterocycles. The molecule has 0 aliphatic carbocycles. The summed E-state index contributed by atoms with van der Waals surface area (Å²) in [6.07, 6.45) is 5.90. The molecular formula is C62H40N4PtSSi2. The first-order valence-electron chi connectivity index (χ1n) is 23.4. The molecule has 332 valence electrons. The van der Waals surface area contributed by atoms with Crippen LogP contribution in [0.4, 0.5) is 0 Å². The maximum absolute atomic E-state index is 5.23. The average molecular weight is 1120 g/mol. The van der Waals surface area contributed by atoms with E-state index in [9.17, 15) is 0 Å². The molecule has 0 saturated carbocycles. The van der Waals surface area contributed by atoms with Crippen molar-refractivity contribution in [3.05, 3.63) is 255 Å². The Kier molecular flexibility index (Phi) is 10.3. The van der Waals surface area contributed by atoms with Crippen molar-refractivity contribution in [2.24, 2.45) is 0 Å². The molecule has 14 rings (SSSR count). The van der Waals surface area contributed by atoms with Gasteiger partial charge in [0, 0.05) is 44.7 Å². The first-order valence-corrected chi connectivity index (χ1v) is 28.2. The summed E-state index contributed by atoms with van der Waals surface area (Å²) in [6.45, 7) is 0. The molecule has 0 unspecified atom stereocenters. The fraction of sp³-hybridized carbons (Fsp3) is 0. The van der Waals surface area contributed by atoms with E-state index in [1.807, 2.05) is 24.2 Å². The van der Waals surface area contributed by atoms with Crippen LogP contribution in [0.3, 0.4) is 0 Å². The Morgan fingerprint density at radius 3 is 1.81 bits per heavy atom. The number of nitrogens with zero attached hydrogens (tertiary/aromatic N) is 4. The van der Waals surface area contributed by atoms with Crippen molar-refractivity contribution in [1.82, 2.24) is 18.9 Å². The minimum Gasteiger partial charge on any atom is -0.340 e. The van der Waals surface area contributed by atoms with Crippen molar-refractivity contribution in [1.29, 1.82) is 0 Å². The van der Waals surface area contributed by atoms with Gasteiger partial charge in [0.05, 0.1) is 11.2 Å². The number of hydrogen-bond donors (Lipinski definition) is 0. The van der Waals surface area contributed by atoms with Crippen LogP contribution in [-0.2, 0) is 21.1 Å². The van der Waals surface area contributed by atoms with Gasteiger partial charge in [-0.2, -0.15) is 23.4 Å². The number of para-hydroxylation sites is 1. The third-order valence-corrected chi connectivity index (χ3v) is 25.5. The van der Waals surface area contributed by atoms with Gasteiger partial charge in [0.1, 0.15) is 13.7 Å². The second kappa shape index (κ2) is 16.9. The van der Waals surface area contributed by atoms with Gasteiger partial charge in [0.2, 0.25) is 0 Å². The van der Waals surface area contributed by atoms with Gasteiger partial charge in [-0.15, -0.1) is 34.8 Å². The molecule has 0 fully saturated rings. The number of rotatable bonds is 7. The van der Waals surface area contributed by atoms with Crippen molar-refractivity contribution in [3.8, 4) is 5.69 Å². The molecule has 9 aromatic carbocycles. The zero-order valence-electron chi connectivity index (χ0n) is 37.6. The summed E-state index contributed by atoms with van der Waals surface area (Å²) in [4.78, 5) is 12.8. The summed E-state index contributed by atoms with van der Waals surface area (Å²) in [5.74, 6) is 0. The standard InChI is InChI=1S/C62H40N4SSi2.Pt/c1-5-20-44(21-6-1)68(45-22-7-2-8-23-45,49-34-35-50-51-29-13-14-31-55(51)65-40-39-64-61(65)54(50)42-49)48-28-17-19-43(41-48)66-59-52(53-30-18-38-63-62(53)66)36-37-58-60(59)67-56-32-15-16-33-57(56)69(58,46-24-9-3-10-25-46)47-26-11-4-12-27-47;/h1-40H;/q-2;+2. The van der Waals surface area contributed by atoms with E-state index in [-0.39, 0.29) is 21.1 Å². The second-order valence-corrected chi connectivity index (χ2v) is 26.4. The summed E-state index contributed by atoms with van der Waals surface area (Å²) in [6, 6.07) is 91.4. The summed E-state index contributed by atoms with van der Waals surface area (Å²) < 4.78 is 4.63. The fourth-order valence-electron chi connectivity index (χ4n) is 11.6. The maximum Gasteiger partial charge on any atom is 2.00 e. The van der Waals surface area contributed by atoms with Crippen LogP contribution in [0.1, 0.15) is 0 Å². The third-order valence-electron chi connectivity index (χ3n) is 14.5. The van der Waals surface area contributed by atoms with Crippen LogP contribution in [-0.4, -0.2) is 35.1 Å². The summed E-state index contributed by atoms with van der Waals surface area (Å²) in [7, 11) is -6.06. The molecule has 0 amide bonds. The van der Waals surface area contributed by atoms with Gasteiger partial charge in [-0.1, -0.05) is 193 Å². The molecule has 0 spiro atoms. The van der Waals surface area contributed by atoms with Crippen LogP contribution < -0.4 is 41.5 Å². The Morgan fingerprint density at radius 1 is 0.457 bits per heavy atom. The van der Waals surface area contributed by atoms with Crippen LogP contribution in [0.2, 0.25) is 0 Å². The molecule has 0 radical (unpaired) electrons. The molecule has 8 heteroatoms. The largest absolute Gasteiger partial charge is 2.00 e. The molecule has 70 heavy (non-hydrogen) atoms. The molecule has 5 heterocycles. The third kappa shape index (κ3) is 6.12. The zero-order valence-corrected chi connectivity index (χ0v) is 42.7. The SMILES string of the molecule is [Pt+2].[c-]1c(-n2c3ncccc3c3ccc4c(c32)Sc2ccccc2[Si]4(c2ccccc2)c2ccccc2)cccc1[Si](c1[c-]c2c(cc1)c1ccccc1n1ccnc21)(c1ccccc1)c1ccccc1. The number of aromatic nitrogens is 4. The molecule has 0 bridgehead atoms. The quantitative estimate of drug-likeness (QED) is 0.0693. The van der Waals surface area contributed by atoms with E-state index >= 15 is 0 Å². The Morgan fingerprint density at radius 2 is 1.07 bits per heavy atom. The monoisotopic (exact) mass is 1120 g/mol. The van der Waals surface area contributed by atoms with E-state index in [4.69, 9.17) is 9.97 Å². The Bertz CT molecular complexity index is 4040. The molecule has 1 aliphatic rings. The molecule has 4 nitrogen and oxygen atoms in total. The Balaban J connectivity index is 0.00000480. The van der Waals surface area contributed by atoms with Gasteiger partial charge < -0.3 is 8.97 Å². The van der Waals surface area contributed by atoms with E-state index in [0.717, 1.165) is 54.5 Å². The molecule has 13 aromatic rings. The van der Waals surface area contributed by atoms with Gasteiger partial charge in [-0.25, -0.2) is 4.98 Å². The van der Waals surface area contributed by atoms with Crippen LogP contribution in [0.25, 0.3) is 54.9 Å². The van der Waals surface area contributed by atoms with Crippen molar-refractivity contribution in [2.45, 2.75) is 9.79 Å².